The molecule has 0 saturated heterocycles. The molecule has 0 saturated carbocycles. The summed E-state index contributed by atoms with van der Waals surface area (Å²) in [5, 5.41) is 9.64. The first-order valence-electron chi connectivity index (χ1n) is 5.71. The first-order chi connectivity index (χ1) is 8.39. The summed E-state index contributed by atoms with van der Waals surface area (Å²) in [6.07, 6.45) is -0.505. The molecule has 18 heavy (non-hydrogen) atoms. The third-order valence-electron chi connectivity index (χ3n) is 2.51. The number of rotatable bonds is 6. The van der Waals surface area contributed by atoms with Gasteiger partial charge in [0.1, 0.15) is 0 Å². The monoisotopic (exact) mass is 273 g/mol. The number of benzene rings is 1. The van der Waals surface area contributed by atoms with E-state index < -0.39 is 16.3 Å². The maximum atomic E-state index is 11.6. The fourth-order valence-electron chi connectivity index (χ4n) is 1.60. The lowest BCUT2D eigenvalue weighted by Gasteiger charge is -2.14. The quantitative estimate of drug-likeness (QED) is 0.775. The third kappa shape index (κ3) is 3.97. The molecule has 0 aliphatic rings. The van der Waals surface area contributed by atoms with Gasteiger partial charge in [-0.3, -0.25) is 4.72 Å². The number of nitrogens with one attached hydrogen (secondary N) is 1. The van der Waals surface area contributed by atoms with Crippen molar-refractivity contribution in [3.05, 3.63) is 29.3 Å². The Morgan fingerprint density at radius 1 is 1.44 bits per heavy atom. The van der Waals surface area contributed by atoms with E-state index in [1.165, 1.54) is 7.11 Å². The number of sulfonamides is 1. The van der Waals surface area contributed by atoms with Crippen LogP contribution in [-0.4, -0.2) is 26.4 Å². The number of aryl methyl sites for hydroxylation is 1. The number of ether oxygens (including phenoxy) is 1. The molecule has 0 fully saturated rings. The number of hydrogen-bond acceptors (Lipinski definition) is 4. The molecule has 5 nitrogen and oxygen atoms in total. The Morgan fingerprint density at radius 3 is 2.67 bits per heavy atom. The summed E-state index contributed by atoms with van der Waals surface area (Å²) in [4.78, 5) is 0. The molecule has 0 aromatic heterocycles. The predicted molar refractivity (Wildman–Crippen MR) is 70.8 cm³/mol. The van der Waals surface area contributed by atoms with Crippen molar-refractivity contribution in [3.8, 4) is 0 Å². The zero-order valence-corrected chi connectivity index (χ0v) is 11.6. The Bertz CT molecular complexity index is 499. The van der Waals surface area contributed by atoms with Gasteiger partial charge in [-0.25, -0.2) is 8.42 Å². The van der Waals surface area contributed by atoms with Gasteiger partial charge in [0.25, 0.3) is 0 Å². The van der Waals surface area contributed by atoms with Crippen LogP contribution in [0, 0.1) is 6.92 Å². The molecule has 1 rings (SSSR count). The zero-order valence-electron chi connectivity index (χ0n) is 10.8. The van der Waals surface area contributed by atoms with E-state index in [0.29, 0.717) is 17.7 Å². The molecular formula is C12H19NO4S. The van der Waals surface area contributed by atoms with Crippen molar-refractivity contribution in [1.82, 2.24) is 0 Å². The van der Waals surface area contributed by atoms with Gasteiger partial charge in [-0.2, -0.15) is 0 Å². The van der Waals surface area contributed by atoms with Gasteiger partial charge in [0, 0.05) is 18.4 Å². The van der Waals surface area contributed by atoms with Gasteiger partial charge in [-0.1, -0.05) is 13.0 Å². The molecule has 0 spiro atoms. The summed E-state index contributed by atoms with van der Waals surface area (Å²) in [7, 11) is -1.93. The molecule has 0 bridgehead atoms. The number of aliphatic hydroxyl groups excluding tert-OH is 1. The van der Waals surface area contributed by atoms with Crippen molar-refractivity contribution in [2.24, 2.45) is 0 Å². The summed E-state index contributed by atoms with van der Waals surface area (Å²) < 4.78 is 30.6. The second-order valence-corrected chi connectivity index (χ2v) is 5.92. The maximum absolute atomic E-state index is 11.6. The van der Waals surface area contributed by atoms with Crippen LogP contribution in [0.15, 0.2) is 18.2 Å². The van der Waals surface area contributed by atoms with Crippen LogP contribution in [-0.2, 0) is 14.8 Å². The molecule has 2 N–H and O–H groups in total. The van der Waals surface area contributed by atoms with Crippen molar-refractivity contribution in [2.75, 3.05) is 17.6 Å². The average molecular weight is 273 g/mol. The molecule has 0 heterocycles. The topological polar surface area (TPSA) is 75.6 Å². The molecule has 0 aliphatic heterocycles. The van der Waals surface area contributed by atoms with Crippen molar-refractivity contribution in [1.29, 1.82) is 0 Å². The Balaban J connectivity index is 2.99. The summed E-state index contributed by atoms with van der Waals surface area (Å²) in [6, 6.07) is 4.98. The van der Waals surface area contributed by atoms with Crippen molar-refractivity contribution in [3.63, 3.8) is 0 Å². The van der Waals surface area contributed by atoms with E-state index in [9.17, 15) is 13.5 Å². The summed E-state index contributed by atoms with van der Waals surface area (Å²) in [5.41, 5.74) is 1.82. The van der Waals surface area contributed by atoms with E-state index in [4.69, 9.17) is 4.74 Å². The van der Waals surface area contributed by atoms with Crippen LogP contribution < -0.4 is 4.72 Å². The number of anilines is 1. The van der Waals surface area contributed by atoms with Crippen molar-refractivity contribution >= 4 is 15.7 Å². The highest BCUT2D eigenvalue weighted by molar-refractivity contribution is 7.92. The van der Waals surface area contributed by atoms with Crippen LogP contribution >= 0.6 is 0 Å². The lowest BCUT2D eigenvalue weighted by molar-refractivity contribution is -0.0772. The molecule has 1 aromatic carbocycles. The summed E-state index contributed by atoms with van der Waals surface area (Å²) >= 11 is 0. The van der Waals surface area contributed by atoms with E-state index >= 15 is 0 Å². The minimum Gasteiger partial charge on any atom is -0.364 e. The predicted octanol–water partition coefficient (Wildman–Crippen LogP) is 1.78. The highest BCUT2D eigenvalue weighted by atomic mass is 32.2. The van der Waals surface area contributed by atoms with Crippen LogP contribution in [0.25, 0.3) is 0 Å². The van der Waals surface area contributed by atoms with Crippen molar-refractivity contribution in [2.45, 2.75) is 26.6 Å². The van der Waals surface area contributed by atoms with Crippen molar-refractivity contribution < 1.29 is 18.3 Å². The molecule has 1 aromatic rings. The smallest absolute Gasteiger partial charge is 0.232 e. The van der Waals surface area contributed by atoms with Crippen LogP contribution in [0.3, 0.4) is 0 Å². The second-order valence-electron chi connectivity index (χ2n) is 4.08. The molecular weight excluding hydrogens is 254 g/mol. The zero-order chi connectivity index (χ0) is 13.8. The second kappa shape index (κ2) is 6.17. The molecule has 6 heteroatoms. The first kappa shape index (κ1) is 14.9. The Kier molecular flexibility index (Phi) is 5.13. The SMILES string of the molecule is CCCS(=O)(=O)Nc1ccc(C)c(C(O)OC)c1. The minimum atomic E-state index is -3.32. The largest absolute Gasteiger partial charge is 0.364 e. The van der Waals surface area contributed by atoms with Gasteiger partial charge in [-0.15, -0.1) is 0 Å². The van der Waals surface area contributed by atoms with E-state index in [2.05, 4.69) is 4.72 Å². The van der Waals surface area contributed by atoms with Gasteiger partial charge < -0.3 is 9.84 Å². The lowest BCUT2D eigenvalue weighted by Crippen LogP contribution is -2.16. The molecule has 0 aliphatic carbocycles. The minimum absolute atomic E-state index is 0.0725. The normalized spacial score (nSPS) is 13.3. The van der Waals surface area contributed by atoms with Crippen LogP contribution in [0.1, 0.15) is 30.8 Å². The maximum Gasteiger partial charge on any atom is 0.232 e. The fourth-order valence-corrected chi connectivity index (χ4v) is 2.72. The van der Waals surface area contributed by atoms with E-state index in [1.807, 2.05) is 6.92 Å². The summed E-state index contributed by atoms with van der Waals surface area (Å²) in [5.74, 6) is 0.0725. The Hall–Kier alpha value is -1.11. The van der Waals surface area contributed by atoms with Gasteiger partial charge >= 0.3 is 0 Å². The van der Waals surface area contributed by atoms with Crippen LogP contribution in [0.2, 0.25) is 0 Å². The third-order valence-corrected chi connectivity index (χ3v) is 4.01. The van der Waals surface area contributed by atoms with Crippen LogP contribution in [0.4, 0.5) is 5.69 Å². The highest BCUT2D eigenvalue weighted by Crippen LogP contribution is 2.23. The fraction of sp³-hybridized carbons (Fsp3) is 0.500. The van der Waals surface area contributed by atoms with E-state index in [-0.39, 0.29) is 5.75 Å². The standard InChI is InChI=1S/C12H19NO4S/c1-4-7-18(15,16)13-10-6-5-9(2)11(8-10)12(14)17-3/h5-6,8,12-14H,4,7H2,1-3H3. The number of methoxy groups -OCH3 is 1. The molecule has 0 amide bonds. The van der Waals surface area contributed by atoms with E-state index in [0.717, 1.165) is 5.56 Å². The Morgan fingerprint density at radius 2 is 2.11 bits per heavy atom. The van der Waals surface area contributed by atoms with Crippen LogP contribution in [0.5, 0.6) is 0 Å². The van der Waals surface area contributed by atoms with Gasteiger partial charge in [-0.05, 0) is 31.0 Å². The van der Waals surface area contributed by atoms with Gasteiger partial charge in [0.15, 0.2) is 6.29 Å². The van der Waals surface area contributed by atoms with E-state index in [1.54, 1.807) is 25.1 Å². The first-order valence-corrected chi connectivity index (χ1v) is 7.36. The highest BCUT2D eigenvalue weighted by Gasteiger charge is 2.13. The number of hydrogen-bond donors (Lipinski definition) is 2. The molecule has 102 valence electrons. The average Bonchev–Trinajstić information content (AvgIpc) is 2.30. The Labute approximate surface area is 108 Å². The van der Waals surface area contributed by atoms with Gasteiger partial charge in [0.05, 0.1) is 5.75 Å². The lowest BCUT2D eigenvalue weighted by atomic mass is 10.1. The number of aliphatic hydroxyl groups is 1. The summed E-state index contributed by atoms with van der Waals surface area (Å²) in [6.45, 7) is 3.62. The molecule has 1 unspecified atom stereocenters. The van der Waals surface area contributed by atoms with Gasteiger partial charge in [0.2, 0.25) is 10.0 Å². The molecule has 1 atom stereocenters. The molecule has 0 radical (unpaired) electrons.